The Morgan fingerprint density at radius 3 is 2.31 bits per heavy atom. The van der Waals surface area contributed by atoms with Crippen LogP contribution < -0.4 is 14.9 Å². The molecule has 0 fully saturated rings. The summed E-state index contributed by atoms with van der Waals surface area (Å²) in [6.45, 7) is 7.19. The fraction of sp³-hybridized carbons (Fsp3) is 0.185. The van der Waals surface area contributed by atoms with Crippen molar-refractivity contribution in [2.45, 2.75) is 25.2 Å². The first kappa shape index (κ1) is 25.7. The van der Waals surface area contributed by atoms with Crippen molar-refractivity contribution in [2.24, 2.45) is 0 Å². The molecular weight excluding hydrogens is 462 g/mol. The van der Waals surface area contributed by atoms with Crippen LogP contribution in [0.4, 0.5) is 11.4 Å². The van der Waals surface area contributed by atoms with Crippen molar-refractivity contribution in [3.05, 3.63) is 102 Å². The summed E-state index contributed by atoms with van der Waals surface area (Å²) in [6, 6.07) is 20.1. The van der Waals surface area contributed by atoms with Crippen LogP contribution in [-0.2, 0) is 21.2 Å². The Morgan fingerprint density at radius 1 is 0.971 bits per heavy atom. The molecule has 182 valence electrons. The van der Waals surface area contributed by atoms with Crippen molar-refractivity contribution in [3.63, 3.8) is 0 Å². The van der Waals surface area contributed by atoms with Gasteiger partial charge in [-0.1, -0.05) is 61.0 Å². The van der Waals surface area contributed by atoms with E-state index in [0.717, 1.165) is 15.4 Å². The second-order valence-corrected chi connectivity index (χ2v) is 9.76. The molecule has 0 aliphatic rings. The van der Waals surface area contributed by atoms with E-state index in [9.17, 15) is 18.0 Å². The lowest BCUT2D eigenvalue weighted by Crippen LogP contribution is -2.39. The topological polar surface area (TPSA) is 95.6 Å². The molecule has 2 amide bonds. The van der Waals surface area contributed by atoms with Crippen LogP contribution in [0, 0.1) is 6.92 Å². The number of carbonyl (C=O) groups excluding carboxylic acids is 2. The summed E-state index contributed by atoms with van der Waals surface area (Å²) in [5.74, 6) is -0.947. The third-order valence-corrected chi connectivity index (χ3v) is 7.16. The highest BCUT2D eigenvalue weighted by molar-refractivity contribution is 7.92. The zero-order chi connectivity index (χ0) is 25.4. The lowest BCUT2D eigenvalue weighted by atomic mass is 10.1. The molecule has 8 heteroatoms. The van der Waals surface area contributed by atoms with Gasteiger partial charge in [0.2, 0.25) is 5.91 Å². The monoisotopic (exact) mass is 491 g/mol. The molecule has 0 atom stereocenters. The molecule has 2 N–H and O–H groups in total. The molecule has 0 spiro atoms. The highest BCUT2D eigenvalue weighted by Crippen LogP contribution is 2.28. The maximum Gasteiger partial charge on any atom is 0.264 e. The average Bonchev–Trinajstić information content (AvgIpc) is 2.86. The smallest absolute Gasteiger partial charge is 0.264 e. The van der Waals surface area contributed by atoms with Gasteiger partial charge < -0.3 is 10.6 Å². The number of nitrogens with zero attached hydrogens (tertiary/aromatic N) is 1. The first-order chi connectivity index (χ1) is 16.8. The number of sulfonamides is 1. The number of carbonyl (C=O) groups is 2. The van der Waals surface area contributed by atoms with Crippen molar-refractivity contribution < 1.29 is 18.0 Å². The minimum absolute atomic E-state index is 0.0889. The Kier molecular flexibility index (Phi) is 8.43. The molecule has 0 saturated heterocycles. The largest absolute Gasteiger partial charge is 0.349 e. The number of nitrogens with one attached hydrogen (secondary N) is 2. The molecule has 0 aromatic heterocycles. The van der Waals surface area contributed by atoms with E-state index < -0.39 is 22.5 Å². The minimum Gasteiger partial charge on any atom is -0.349 e. The van der Waals surface area contributed by atoms with Crippen LogP contribution in [0.25, 0.3) is 0 Å². The molecule has 0 bridgehead atoms. The maximum atomic E-state index is 13.7. The molecule has 35 heavy (non-hydrogen) atoms. The van der Waals surface area contributed by atoms with Crippen LogP contribution in [-0.4, -0.2) is 33.3 Å². The number of amides is 2. The summed E-state index contributed by atoms with van der Waals surface area (Å²) in [6.07, 6.45) is 2.14. The van der Waals surface area contributed by atoms with Crippen LogP contribution in [0.15, 0.2) is 90.3 Å². The summed E-state index contributed by atoms with van der Waals surface area (Å²) in [5.41, 5.74) is 2.71. The van der Waals surface area contributed by atoms with Gasteiger partial charge in [-0.25, -0.2) is 8.42 Å². The Hall–Kier alpha value is -3.91. The molecule has 3 aromatic carbocycles. The van der Waals surface area contributed by atoms with Crippen molar-refractivity contribution in [3.8, 4) is 0 Å². The van der Waals surface area contributed by atoms with Crippen molar-refractivity contribution in [1.82, 2.24) is 5.32 Å². The van der Waals surface area contributed by atoms with E-state index in [-0.39, 0.29) is 28.6 Å². The van der Waals surface area contributed by atoms with Crippen molar-refractivity contribution >= 4 is 33.2 Å². The fourth-order valence-corrected chi connectivity index (χ4v) is 5.02. The molecule has 0 radical (unpaired) electrons. The Labute approximate surface area is 206 Å². The van der Waals surface area contributed by atoms with Crippen molar-refractivity contribution in [2.75, 3.05) is 22.7 Å². The highest BCUT2D eigenvalue weighted by atomic mass is 32.2. The third-order valence-electron chi connectivity index (χ3n) is 5.39. The summed E-state index contributed by atoms with van der Waals surface area (Å²) in [7, 11) is -4.05. The average molecular weight is 492 g/mol. The zero-order valence-corrected chi connectivity index (χ0v) is 20.6. The first-order valence-electron chi connectivity index (χ1n) is 11.2. The van der Waals surface area contributed by atoms with Crippen LogP contribution in [0.3, 0.4) is 0 Å². The zero-order valence-electron chi connectivity index (χ0n) is 19.8. The van der Waals surface area contributed by atoms with Crippen LogP contribution in [0.5, 0.6) is 0 Å². The highest BCUT2D eigenvalue weighted by Gasteiger charge is 2.29. The molecule has 3 rings (SSSR count). The lowest BCUT2D eigenvalue weighted by Gasteiger charge is -2.26. The predicted molar refractivity (Wildman–Crippen MR) is 139 cm³/mol. The number of hydrogen-bond acceptors (Lipinski definition) is 4. The molecule has 0 saturated carbocycles. The second-order valence-electron chi connectivity index (χ2n) is 7.90. The number of anilines is 2. The molecule has 0 aliphatic heterocycles. The van der Waals surface area contributed by atoms with Gasteiger partial charge in [-0.3, -0.25) is 13.9 Å². The minimum atomic E-state index is -4.05. The number of aryl methyl sites for hydroxylation is 2. The van der Waals surface area contributed by atoms with E-state index in [1.165, 1.54) is 12.1 Å². The normalized spacial score (nSPS) is 10.9. The molecule has 3 aromatic rings. The first-order valence-corrected chi connectivity index (χ1v) is 12.7. The summed E-state index contributed by atoms with van der Waals surface area (Å²) >= 11 is 0. The number of hydrogen-bond donors (Lipinski definition) is 2. The molecule has 0 unspecified atom stereocenters. The maximum absolute atomic E-state index is 13.7. The van der Waals surface area contributed by atoms with Gasteiger partial charge in [0.25, 0.3) is 15.9 Å². The van der Waals surface area contributed by atoms with E-state index in [1.807, 2.05) is 26.0 Å². The van der Waals surface area contributed by atoms with Crippen LogP contribution in [0.2, 0.25) is 0 Å². The van der Waals surface area contributed by atoms with Gasteiger partial charge in [0.15, 0.2) is 0 Å². The van der Waals surface area contributed by atoms with Gasteiger partial charge in [-0.15, -0.1) is 6.58 Å². The molecule has 0 aliphatic carbocycles. The van der Waals surface area contributed by atoms with Gasteiger partial charge in [0.1, 0.15) is 6.54 Å². The van der Waals surface area contributed by atoms with E-state index >= 15 is 0 Å². The van der Waals surface area contributed by atoms with Crippen LogP contribution >= 0.6 is 0 Å². The molecular formula is C27H29N3O4S. The summed E-state index contributed by atoms with van der Waals surface area (Å²) in [5, 5.41) is 5.39. The molecule has 0 heterocycles. The summed E-state index contributed by atoms with van der Waals surface area (Å²) < 4.78 is 28.4. The fourth-order valence-electron chi connectivity index (χ4n) is 3.56. The second kappa shape index (κ2) is 11.5. The Balaban J connectivity index is 1.96. The van der Waals surface area contributed by atoms with E-state index in [1.54, 1.807) is 54.6 Å². The van der Waals surface area contributed by atoms with Gasteiger partial charge in [-0.2, -0.15) is 0 Å². The quantitative estimate of drug-likeness (QED) is 0.413. The van der Waals surface area contributed by atoms with Crippen LogP contribution in [0.1, 0.15) is 28.4 Å². The predicted octanol–water partition coefficient (Wildman–Crippen LogP) is 4.31. The van der Waals surface area contributed by atoms with Gasteiger partial charge in [-0.05, 0) is 49.2 Å². The Bertz CT molecular complexity index is 1320. The van der Waals surface area contributed by atoms with Crippen molar-refractivity contribution in [1.29, 1.82) is 0 Å². The van der Waals surface area contributed by atoms with Gasteiger partial charge in [0.05, 0.1) is 21.8 Å². The number of benzene rings is 3. The standard InChI is InChI=1S/C27H29N3O4S/c1-4-18-28-27(32)23-11-7-8-12-24(23)29-26(31)19-30(25-13-9-6-10-21(25)5-2)35(33,34)22-16-14-20(3)15-17-22/h4,6-17H,1,5,18-19H2,2-3H3,(H,28,32)(H,29,31). The van der Waals surface area contributed by atoms with E-state index in [2.05, 4.69) is 17.2 Å². The summed E-state index contributed by atoms with van der Waals surface area (Å²) in [4.78, 5) is 25.7. The molecule has 7 nitrogen and oxygen atoms in total. The SMILES string of the molecule is C=CCNC(=O)c1ccccc1NC(=O)CN(c1ccccc1CC)S(=O)(=O)c1ccc(C)cc1. The lowest BCUT2D eigenvalue weighted by molar-refractivity contribution is -0.114. The number of para-hydroxylation sites is 2. The Morgan fingerprint density at radius 2 is 1.63 bits per heavy atom. The number of rotatable bonds is 10. The van der Waals surface area contributed by atoms with E-state index in [4.69, 9.17) is 0 Å². The van der Waals surface area contributed by atoms with E-state index in [0.29, 0.717) is 12.1 Å². The third kappa shape index (κ3) is 6.16. The van der Waals surface area contributed by atoms with Gasteiger partial charge in [0, 0.05) is 6.54 Å². The van der Waals surface area contributed by atoms with Gasteiger partial charge >= 0.3 is 0 Å².